The van der Waals surface area contributed by atoms with Gasteiger partial charge in [-0.15, -0.1) is 0 Å². The molecule has 0 unspecified atom stereocenters. The molecule has 2 heterocycles. The zero-order chi connectivity index (χ0) is 19.8. The predicted octanol–water partition coefficient (Wildman–Crippen LogP) is 2.48. The van der Waals surface area contributed by atoms with Gasteiger partial charge in [-0.05, 0) is 23.8 Å². The fraction of sp³-hybridized carbons (Fsp3) is 0.250. The average Bonchev–Trinajstić information content (AvgIpc) is 3.14. The van der Waals surface area contributed by atoms with Gasteiger partial charge in [0.25, 0.3) is 0 Å². The van der Waals surface area contributed by atoms with Crippen LogP contribution >= 0.6 is 0 Å². The molecule has 0 fully saturated rings. The van der Waals surface area contributed by atoms with Crippen molar-refractivity contribution in [3.8, 4) is 17.4 Å². The predicted molar refractivity (Wildman–Crippen MR) is 108 cm³/mol. The van der Waals surface area contributed by atoms with Crippen LogP contribution in [-0.2, 0) is 20.1 Å². The van der Waals surface area contributed by atoms with Crippen LogP contribution in [0, 0.1) is 0 Å². The van der Waals surface area contributed by atoms with Crippen molar-refractivity contribution in [3.05, 3.63) is 66.1 Å². The third-order valence-electron chi connectivity index (χ3n) is 4.10. The molecule has 8 nitrogen and oxygen atoms in total. The van der Waals surface area contributed by atoms with E-state index in [0.717, 1.165) is 17.0 Å². The van der Waals surface area contributed by atoms with Gasteiger partial charge in [0.15, 0.2) is 5.96 Å². The molecule has 0 bridgehead atoms. The highest BCUT2D eigenvalue weighted by atomic mass is 16.5. The topological polar surface area (TPSA) is 85.6 Å². The minimum atomic E-state index is 0.524. The Balaban J connectivity index is 1.51. The molecule has 3 aromatic rings. The van der Waals surface area contributed by atoms with Gasteiger partial charge >= 0.3 is 0 Å². The Morgan fingerprint density at radius 3 is 2.61 bits per heavy atom. The lowest BCUT2D eigenvalue weighted by molar-refractivity contribution is 0.407. The minimum absolute atomic E-state index is 0.524. The molecule has 3 rings (SSSR count). The molecule has 0 radical (unpaired) electrons. The van der Waals surface area contributed by atoms with E-state index in [0.29, 0.717) is 30.7 Å². The van der Waals surface area contributed by atoms with Crippen molar-refractivity contribution in [2.24, 2.45) is 12.0 Å². The van der Waals surface area contributed by atoms with E-state index in [2.05, 4.69) is 25.7 Å². The number of ether oxygens (including phenoxy) is 2. The standard InChI is InChI=1S/C20H24N6O2/c1-21-20(24-14-16-9-10-25-26(16)2)23-13-15-7-8-19(22-12-15)28-18-6-4-5-17(11-18)27-3/h4-12H,13-14H2,1-3H3,(H2,21,23,24). The van der Waals surface area contributed by atoms with Crippen LogP contribution in [0.5, 0.6) is 17.4 Å². The number of benzene rings is 1. The molecular weight excluding hydrogens is 356 g/mol. The number of nitrogens with zero attached hydrogens (tertiary/aromatic N) is 4. The maximum absolute atomic E-state index is 5.76. The van der Waals surface area contributed by atoms with Crippen LogP contribution in [-0.4, -0.2) is 34.9 Å². The Bertz CT molecular complexity index is 920. The molecule has 0 aliphatic rings. The van der Waals surface area contributed by atoms with E-state index in [1.54, 1.807) is 26.6 Å². The Morgan fingerprint density at radius 1 is 1.11 bits per heavy atom. The zero-order valence-corrected chi connectivity index (χ0v) is 16.2. The number of pyridine rings is 1. The van der Waals surface area contributed by atoms with Crippen LogP contribution < -0.4 is 20.1 Å². The minimum Gasteiger partial charge on any atom is -0.497 e. The molecule has 2 aromatic heterocycles. The summed E-state index contributed by atoms with van der Waals surface area (Å²) in [7, 11) is 5.27. The summed E-state index contributed by atoms with van der Waals surface area (Å²) in [5.74, 6) is 2.65. The molecule has 0 spiro atoms. The highest BCUT2D eigenvalue weighted by Crippen LogP contribution is 2.23. The van der Waals surface area contributed by atoms with E-state index < -0.39 is 0 Å². The summed E-state index contributed by atoms with van der Waals surface area (Å²) >= 11 is 0. The van der Waals surface area contributed by atoms with Crippen molar-refractivity contribution < 1.29 is 9.47 Å². The molecule has 0 aliphatic carbocycles. The summed E-state index contributed by atoms with van der Waals surface area (Å²) in [6.45, 7) is 1.24. The maximum atomic E-state index is 5.76. The van der Waals surface area contributed by atoms with Gasteiger partial charge in [0, 0.05) is 45.2 Å². The lowest BCUT2D eigenvalue weighted by Gasteiger charge is -2.12. The van der Waals surface area contributed by atoms with E-state index in [4.69, 9.17) is 9.47 Å². The summed E-state index contributed by atoms with van der Waals surface area (Å²) in [5, 5.41) is 10.7. The molecule has 1 aromatic carbocycles. The summed E-state index contributed by atoms with van der Waals surface area (Å²) in [6.07, 6.45) is 3.55. The first-order chi connectivity index (χ1) is 13.7. The average molecular weight is 380 g/mol. The van der Waals surface area contributed by atoms with E-state index in [1.165, 1.54) is 0 Å². The summed E-state index contributed by atoms with van der Waals surface area (Å²) in [5.41, 5.74) is 2.09. The van der Waals surface area contributed by atoms with Crippen LogP contribution in [0.25, 0.3) is 0 Å². The van der Waals surface area contributed by atoms with Crippen molar-refractivity contribution >= 4 is 5.96 Å². The van der Waals surface area contributed by atoms with Crippen LogP contribution in [0.2, 0.25) is 0 Å². The van der Waals surface area contributed by atoms with Crippen LogP contribution in [0.4, 0.5) is 0 Å². The number of aliphatic imine (C=N–C) groups is 1. The Morgan fingerprint density at radius 2 is 1.93 bits per heavy atom. The second-order valence-corrected chi connectivity index (χ2v) is 6.01. The van der Waals surface area contributed by atoms with Gasteiger partial charge in [-0.1, -0.05) is 12.1 Å². The van der Waals surface area contributed by atoms with Gasteiger partial charge in [-0.25, -0.2) is 4.98 Å². The number of hydrogen-bond acceptors (Lipinski definition) is 5. The Kier molecular flexibility index (Phi) is 6.46. The molecule has 0 amide bonds. The van der Waals surface area contributed by atoms with Gasteiger partial charge in [0.1, 0.15) is 11.5 Å². The van der Waals surface area contributed by atoms with E-state index in [-0.39, 0.29) is 0 Å². The van der Waals surface area contributed by atoms with Crippen LogP contribution in [0.15, 0.2) is 59.9 Å². The van der Waals surface area contributed by atoms with E-state index >= 15 is 0 Å². The number of rotatable bonds is 7. The third-order valence-corrected chi connectivity index (χ3v) is 4.10. The number of guanidine groups is 1. The Hall–Kier alpha value is -3.55. The zero-order valence-electron chi connectivity index (χ0n) is 16.2. The first kappa shape index (κ1) is 19.2. The van der Waals surface area contributed by atoms with Crippen molar-refractivity contribution in [2.45, 2.75) is 13.1 Å². The highest BCUT2D eigenvalue weighted by molar-refractivity contribution is 5.79. The number of methoxy groups -OCH3 is 1. The molecule has 0 atom stereocenters. The molecule has 2 N–H and O–H groups in total. The number of aromatic nitrogens is 3. The van der Waals surface area contributed by atoms with Gasteiger partial charge < -0.3 is 20.1 Å². The molecular formula is C20H24N6O2. The van der Waals surface area contributed by atoms with Gasteiger partial charge in [0.05, 0.1) is 19.3 Å². The number of aryl methyl sites for hydroxylation is 1. The summed E-state index contributed by atoms with van der Waals surface area (Å²) < 4.78 is 12.8. The smallest absolute Gasteiger partial charge is 0.219 e. The van der Waals surface area contributed by atoms with Crippen molar-refractivity contribution in [1.82, 2.24) is 25.4 Å². The summed E-state index contributed by atoms with van der Waals surface area (Å²) in [6, 6.07) is 13.2. The van der Waals surface area contributed by atoms with E-state index in [1.807, 2.05) is 54.2 Å². The largest absolute Gasteiger partial charge is 0.497 e. The van der Waals surface area contributed by atoms with Crippen molar-refractivity contribution in [2.75, 3.05) is 14.2 Å². The van der Waals surface area contributed by atoms with E-state index in [9.17, 15) is 0 Å². The van der Waals surface area contributed by atoms with Gasteiger partial charge in [-0.2, -0.15) is 5.10 Å². The normalized spacial score (nSPS) is 11.2. The molecule has 28 heavy (non-hydrogen) atoms. The fourth-order valence-corrected chi connectivity index (χ4v) is 2.52. The first-order valence-electron chi connectivity index (χ1n) is 8.86. The molecule has 0 aliphatic heterocycles. The molecule has 0 saturated heterocycles. The molecule has 8 heteroatoms. The summed E-state index contributed by atoms with van der Waals surface area (Å²) in [4.78, 5) is 8.59. The third kappa shape index (κ3) is 5.23. The monoisotopic (exact) mass is 380 g/mol. The molecule has 0 saturated carbocycles. The van der Waals surface area contributed by atoms with Crippen LogP contribution in [0.3, 0.4) is 0 Å². The number of hydrogen-bond donors (Lipinski definition) is 2. The quantitative estimate of drug-likeness (QED) is 0.484. The Labute approximate surface area is 164 Å². The number of nitrogens with one attached hydrogen (secondary N) is 2. The van der Waals surface area contributed by atoms with Crippen molar-refractivity contribution in [3.63, 3.8) is 0 Å². The second kappa shape index (κ2) is 9.40. The lowest BCUT2D eigenvalue weighted by Crippen LogP contribution is -2.36. The first-order valence-corrected chi connectivity index (χ1v) is 8.86. The second-order valence-electron chi connectivity index (χ2n) is 6.01. The van der Waals surface area contributed by atoms with Gasteiger partial charge in [-0.3, -0.25) is 9.67 Å². The SMILES string of the molecule is CN=C(NCc1ccc(Oc2cccc(OC)c2)nc1)NCc1ccnn1C. The van der Waals surface area contributed by atoms with Crippen LogP contribution in [0.1, 0.15) is 11.3 Å². The lowest BCUT2D eigenvalue weighted by atomic mass is 10.3. The van der Waals surface area contributed by atoms with Gasteiger partial charge in [0.2, 0.25) is 5.88 Å². The fourth-order valence-electron chi connectivity index (χ4n) is 2.52. The molecule has 146 valence electrons. The van der Waals surface area contributed by atoms with Crippen molar-refractivity contribution in [1.29, 1.82) is 0 Å². The maximum Gasteiger partial charge on any atom is 0.219 e. The highest BCUT2D eigenvalue weighted by Gasteiger charge is 2.04.